The van der Waals surface area contributed by atoms with Crippen LogP contribution < -0.4 is 10.5 Å². The molecule has 1 fully saturated rings. The van der Waals surface area contributed by atoms with Crippen LogP contribution in [0.2, 0.25) is 0 Å². The van der Waals surface area contributed by atoms with Crippen LogP contribution in [-0.2, 0) is 9.59 Å². The van der Waals surface area contributed by atoms with Gasteiger partial charge in [0.05, 0.1) is 17.0 Å². The van der Waals surface area contributed by atoms with Crippen molar-refractivity contribution < 1.29 is 19.4 Å². The van der Waals surface area contributed by atoms with Crippen LogP contribution in [0.25, 0.3) is 22.3 Å². The van der Waals surface area contributed by atoms with Crippen molar-refractivity contribution in [3.05, 3.63) is 72.7 Å². The maximum Gasteiger partial charge on any atom is 0.333 e. The highest BCUT2D eigenvalue weighted by molar-refractivity contribution is 5.98. The van der Waals surface area contributed by atoms with Gasteiger partial charge in [-0.05, 0) is 55.7 Å². The molecule has 0 aliphatic carbocycles. The highest BCUT2D eigenvalue weighted by Gasteiger charge is 2.26. The van der Waals surface area contributed by atoms with Crippen LogP contribution in [0.5, 0.6) is 11.5 Å². The second kappa shape index (κ2) is 11.1. The summed E-state index contributed by atoms with van der Waals surface area (Å²) < 4.78 is 7.80. The van der Waals surface area contributed by atoms with Crippen molar-refractivity contribution in [2.24, 2.45) is 0 Å². The lowest BCUT2D eigenvalue weighted by molar-refractivity contribution is -0.132. The number of carbonyl (C=O) groups is 2. The standard InChI is InChI=1S/C28H28N6O4/c29-26-24-25(19-10-12-23(13-11-19)38-22-8-2-1-3-9-22)32-34(27(24)31-18-30-26)21-7-4-14-33(17-21)16-20(28(36)37)6-5-15-35/h1-3,8-13,15-16,18,21H,4-7,14,17H2,(H,36,37)(H2,29,30,31)/b20-16-/t21-/m1/s1. The molecule has 1 aliphatic heterocycles. The maximum atomic E-state index is 11.7. The van der Waals surface area contributed by atoms with E-state index >= 15 is 0 Å². The van der Waals surface area contributed by atoms with Crippen molar-refractivity contribution in [3.63, 3.8) is 0 Å². The highest BCUT2D eigenvalue weighted by Crippen LogP contribution is 2.35. The number of benzene rings is 2. The number of piperidine rings is 1. The Labute approximate surface area is 219 Å². The number of para-hydroxylation sites is 1. The Bertz CT molecular complexity index is 1470. The van der Waals surface area contributed by atoms with Gasteiger partial charge in [-0.2, -0.15) is 5.10 Å². The topological polar surface area (TPSA) is 136 Å². The van der Waals surface area contributed by atoms with E-state index in [1.807, 2.05) is 64.2 Å². The summed E-state index contributed by atoms with van der Waals surface area (Å²) in [6.45, 7) is 1.28. The van der Waals surface area contributed by atoms with Crippen molar-refractivity contribution in [2.45, 2.75) is 31.7 Å². The number of aldehydes is 1. The van der Waals surface area contributed by atoms with E-state index in [9.17, 15) is 14.7 Å². The van der Waals surface area contributed by atoms with Crippen LogP contribution in [0.3, 0.4) is 0 Å². The number of hydrogen-bond donors (Lipinski definition) is 2. The molecule has 1 aliphatic rings. The molecule has 4 aromatic rings. The second-order valence-electron chi connectivity index (χ2n) is 9.15. The molecule has 3 heterocycles. The van der Waals surface area contributed by atoms with Crippen molar-refractivity contribution in [1.82, 2.24) is 24.6 Å². The zero-order valence-corrected chi connectivity index (χ0v) is 20.7. The SMILES string of the molecule is Nc1ncnc2c1c(-c1ccc(Oc3ccccc3)cc1)nn2[C@@H]1CCCN(/C=C(/CCC=O)C(=O)O)C1. The first-order valence-electron chi connectivity index (χ1n) is 12.5. The minimum atomic E-state index is -1.01. The molecule has 0 bridgehead atoms. The lowest BCUT2D eigenvalue weighted by Crippen LogP contribution is -2.34. The van der Waals surface area contributed by atoms with E-state index < -0.39 is 5.97 Å². The average Bonchev–Trinajstić information content (AvgIpc) is 3.33. The molecule has 0 amide bonds. The van der Waals surface area contributed by atoms with E-state index in [1.54, 1.807) is 6.20 Å². The van der Waals surface area contributed by atoms with Gasteiger partial charge in [0.1, 0.15) is 35.6 Å². The number of carboxylic acids is 1. The van der Waals surface area contributed by atoms with Crippen molar-refractivity contribution in [3.8, 4) is 22.8 Å². The molecule has 194 valence electrons. The van der Waals surface area contributed by atoms with Crippen LogP contribution in [0, 0.1) is 0 Å². The van der Waals surface area contributed by atoms with E-state index in [2.05, 4.69) is 9.97 Å². The third kappa shape index (κ3) is 5.34. The molecule has 0 unspecified atom stereocenters. The molecule has 3 N–H and O–H groups in total. The molecule has 2 aromatic heterocycles. The molecule has 1 atom stereocenters. The third-order valence-electron chi connectivity index (χ3n) is 6.54. The number of fused-ring (bicyclic) bond motifs is 1. The van der Waals surface area contributed by atoms with Crippen molar-refractivity contribution in [1.29, 1.82) is 0 Å². The molecule has 0 spiro atoms. The lowest BCUT2D eigenvalue weighted by Gasteiger charge is -2.32. The van der Waals surface area contributed by atoms with Gasteiger partial charge in [-0.1, -0.05) is 18.2 Å². The smallest absolute Gasteiger partial charge is 0.333 e. The quantitative estimate of drug-likeness (QED) is 0.246. The van der Waals surface area contributed by atoms with Gasteiger partial charge in [-0.25, -0.2) is 19.4 Å². The zero-order valence-electron chi connectivity index (χ0n) is 20.7. The number of anilines is 1. The van der Waals surface area contributed by atoms with Gasteiger partial charge in [0.15, 0.2) is 5.65 Å². The Morgan fingerprint density at radius 3 is 2.61 bits per heavy atom. The first-order valence-corrected chi connectivity index (χ1v) is 12.5. The van der Waals surface area contributed by atoms with Crippen molar-refractivity contribution in [2.75, 3.05) is 18.8 Å². The van der Waals surface area contributed by atoms with Gasteiger partial charge >= 0.3 is 5.97 Å². The summed E-state index contributed by atoms with van der Waals surface area (Å²) in [6, 6.07) is 17.1. The molecular formula is C28H28N6O4. The molecule has 10 nitrogen and oxygen atoms in total. The number of rotatable bonds is 9. The Kier molecular flexibility index (Phi) is 7.30. The second-order valence-corrected chi connectivity index (χ2v) is 9.15. The predicted octanol–water partition coefficient (Wildman–Crippen LogP) is 4.45. The van der Waals surface area contributed by atoms with Crippen LogP contribution in [0.15, 0.2) is 72.7 Å². The molecule has 2 aromatic carbocycles. The van der Waals surface area contributed by atoms with Gasteiger partial charge in [0.2, 0.25) is 0 Å². The van der Waals surface area contributed by atoms with Gasteiger partial charge in [0.25, 0.3) is 0 Å². The van der Waals surface area contributed by atoms with Crippen LogP contribution in [0.4, 0.5) is 5.82 Å². The molecule has 38 heavy (non-hydrogen) atoms. The Hall–Kier alpha value is -4.73. The number of hydrogen-bond acceptors (Lipinski definition) is 8. The van der Waals surface area contributed by atoms with Gasteiger partial charge in [-0.3, -0.25) is 0 Å². The summed E-state index contributed by atoms with van der Waals surface area (Å²) in [5.74, 6) is 0.781. The molecular weight excluding hydrogens is 484 g/mol. The molecule has 5 rings (SSSR count). The minimum Gasteiger partial charge on any atom is -0.478 e. The van der Waals surface area contributed by atoms with E-state index in [1.165, 1.54) is 6.33 Å². The monoisotopic (exact) mass is 512 g/mol. The number of nitrogens with zero attached hydrogens (tertiary/aromatic N) is 5. The highest BCUT2D eigenvalue weighted by atomic mass is 16.5. The van der Waals surface area contributed by atoms with Crippen molar-refractivity contribution >= 4 is 29.1 Å². The predicted molar refractivity (Wildman–Crippen MR) is 143 cm³/mol. The zero-order chi connectivity index (χ0) is 26.5. The fraction of sp³-hybridized carbons (Fsp3) is 0.250. The number of nitrogens with two attached hydrogens (primary N) is 1. The van der Waals surface area contributed by atoms with E-state index in [4.69, 9.17) is 15.6 Å². The van der Waals surface area contributed by atoms with Crippen LogP contribution in [-0.4, -0.2) is 55.1 Å². The molecule has 0 saturated carbocycles. The normalized spacial score (nSPS) is 15.9. The van der Waals surface area contributed by atoms with E-state index in [0.29, 0.717) is 34.8 Å². The summed E-state index contributed by atoms with van der Waals surface area (Å²) in [4.78, 5) is 33.1. The van der Waals surface area contributed by atoms with Gasteiger partial charge < -0.3 is 25.3 Å². The number of aromatic nitrogens is 4. The Morgan fingerprint density at radius 2 is 1.87 bits per heavy atom. The number of aliphatic carboxylic acids is 1. The maximum absolute atomic E-state index is 11.7. The van der Waals surface area contributed by atoms with Gasteiger partial charge in [-0.15, -0.1) is 0 Å². The van der Waals surface area contributed by atoms with Crippen LogP contribution >= 0.6 is 0 Å². The molecule has 10 heteroatoms. The largest absolute Gasteiger partial charge is 0.478 e. The number of carboxylic acid groups (broad SMARTS) is 1. The molecule has 0 radical (unpaired) electrons. The van der Waals surface area contributed by atoms with E-state index in [-0.39, 0.29) is 24.5 Å². The minimum absolute atomic E-state index is 0.0487. The summed E-state index contributed by atoms with van der Waals surface area (Å²) in [7, 11) is 0. The summed E-state index contributed by atoms with van der Waals surface area (Å²) in [6.07, 6.45) is 5.89. The number of likely N-dealkylation sites (tertiary alicyclic amines) is 1. The molecule has 1 saturated heterocycles. The van der Waals surface area contributed by atoms with E-state index in [0.717, 1.165) is 37.0 Å². The third-order valence-corrected chi connectivity index (χ3v) is 6.54. The number of nitrogen functional groups attached to an aromatic ring is 1. The number of ether oxygens (including phenoxy) is 1. The first kappa shape index (κ1) is 24.9. The number of carbonyl (C=O) groups excluding carboxylic acids is 1. The Morgan fingerprint density at radius 1 is 1.11 bits per heavy atom. The summed E-state index contributed by atoms with van der Waals surface area (Å²) >= 11 is 0. The fourth-order valence-corrected chi connectivity index (χ4v) is 4.72. The first-order chi connectivity index (χ1) is 18.5. The summed E-state index contributed by atoms with van der Waals surface area (Å²) in [5, 5.41) is 15.2. The lowest BCUT2D eigenvalue weighted by atomic mass is 10.1. The van der Waals surface area contributed by atoms with Gasteiger partial charge in [0, 0.05) is 31.3 Å². The van der Waals surface area contributed by atoms with Crippen LogP contribution in [0.1, 0.15) is 31.7 Å². The Balaban J connectivity index is 1.45. The summed E-state index contributed by atoms with van der Waals surface area (Å²) in [5.41, 5.74) is 8.67. The average molecular weight is 513 g/mol. The fourth-order valence-electron chi connectivity index (χ4n) is 4.72.